The van der Waals surface area contributed by atoms with E-state index < -0.39 is 28.2 Å². The highest BCUT2D eigenvalue weighted by Crippen LogP contribution is 2.19. The zero-order valence-corrected chi connectivity index (χ0v) is 12.8. The Morgan fingerprint density at radius 3 is 2.10 bits per heavy atom. The van der Waals surface area contributed by atoms with Gasteiger partial charge in [0.25, 0.3) is 0 Å². The summed E-state index contributed by atoms with van der Waals surface area (Å²) in [4.78, 5) is 10.4. The summed E-state index contributed by atoms with van der Waals surface area (Å²) in [6, 6.07) is 7.35. The van der Waals surface area contributed by atoms with Gasteiger partial charge in [0.1, 0.15) is 0 Å². The molecule has 0 radical (unpaired) electrons. The fourth-order valence-corrected chi connectivity index (χ4v) is 3.02. The molecule has 0 heterocycles. The standard InChI is InChI=1S/C14H21NO4S/c1-10(2)12-4-6-13(7-5-12)11(3)15-20(18,19)9-8-14(16)17/h4-7,10-11,15H,8-9H2,1-3H3,(H,16,17). The van der Waals surface area contributed by atoms with E-state index in [-0.39, 0.29) is 6.04 Å². The zero-order chi connectivity index (χ0) is 15.3. The Bertz CT molecular complexity index is 549. The molecule has 6 heteroatoms. The maximum Gasteiger partial charge on any atom is 0.304 e. The lowest BCUT2D eigenvalue weighted by Gasteiger charge is -2.15. The van der Waals surface area contributed by atoms with Crippen LogP contribution in [-0.2, 0) is 14.8 Å². The minimum atomic E-state index is -3.58. The molecule has 20 heavy (non-hydrogen) atoms. The van der Waals surface area contributed by atoms with Crippen molar-refractivity contribution in [2.45, 2.75) is 39.2 Å². The highest BCUT2D eigenvalue weighted by molar-refractivity contribution is 7.89. The van der Waals surface area contributed by atoms with Gasteiger partial charge in [-0.3, -0.25) is 4.79 Å². The summed E-state index contributed by atoms with van der Waals surface area (Å²) in [5, 5.41) is 8.52. The molecule has 5 nitrogen and oxygen atoms in total. The Labute approximate surface area is 120 Å². The number of carboxylic acid groups (broad SMARTS) is 1. The molecule has 0 spiro atoms. The number of carbonyl (C=O) groups is 1. The zero-order valence-electron chi connectivity index (χ0n) is 12.0. The van der Waals surface area contributed by atoms with Gasteiger partial charge >= 0.3 is 5.97 Å². The van der Waals surface area contributed by atoms with Crippen molar-refractivity contribution in [3.63, 3.8) is 0 Å². The molecule has 1 rings (SSSR count). The van der Waals surface area contributed by atoms with E-state index in [1.165, 1.54) is 5.56 Å². The van der Waals surface area contributed by atoms with E-state index in [9.17, 15) is 13.2 Å². The van der Waals surface area contributed by atoms with Gasteiger partial charge in [-0.15, -0.1) is 0 Å². The number of hydrogen-bond acceptors (Lipinski definition) is 3. The van der Waals surface area contributed by atoms with Crippen LogP contribution in [0.2, 0.25) is 0 Å². The van der Waals surface area contributed by atoms with Gasteiger partial charge in [-0.25, -0.2) is 13.1 Å². The van der Waals surface area contributed by atoms with Crippen molar-refractivity contribution in [1.29, 1.82) is 0 Å². The Morgan fingerprint density at radius 2 is 1.65 bits per heavy atom. The van der Waals surface area contributed by atoms with Crippen LogP contribution in [0.15, 0.2) is 24.3 Å². The second kappa shape index (κ2) is 6.85. The van der Waals surface area contributed by atoms with E-state index in [4.69, 9.17) is 5.11 Å². The van der Waals surface area contributed by atoms with Crippen LogP contribution in [-0.4, -0.2) is 25.2 Å². The van der Waals surface area contributed by atoms with Crippen LogP contribution in [0.25, 0.3) is 0 Å². The third kappa shape index (κ3) is 5.30. The van der Waals surface area contributed by atoms with Crippen LogP contribution in [0, 0.1) is 0 Å². The SMILES string of the molecule is CC(C)c1ccc(C(C)NS(=O)(=O)CCC(=O)O)cc1. The first-order valence-corrected chi connectivity index (χ1v) is 8.18. The molecule has 0 bridgehead atoms. The van der Waals surface area contributed by atoms with Gasteiger partial charge in [0.05, 0.1) is 12.2 Å². The molecule has 112 valence electrons. The Balaban J connectivity index is 2.70. The van der Waals surface area contributed by atoms with E-state index >= 15 is 0 Å². The highest BCUT2D eigenvalue weighted by Gasteiger charge is 2.17. The molecular formula is C14H21NO4S. The Morgan fingerprint density at radius 1 is 1.15 bits per heavy atom. The molecule has 0 aliphatic heterocycles. The fourth-order valence-electron chi connectivity index (χ4n) is 1.79. The number of nitrogens with one attached hydrogen (secondary N) is 1. The van der Waals surface area contributed by atoms with Crippen LogP contribution in [0.3, 0.4) is 0 Å². The molecule has 1 atom stereocenters. The van der Waals surface area contributed by atoms with Crippen molar-refractivity contribution in [3.8, 4) is 0 Å². The third-order valence-electron chi connectivity index (χ3n) is 3.04. The molecular weight excluding hydrogens is 278 g/mol. The van der Waals surface area contributed by atoms with Gasteiger partial charge in [0.15, 0.2) is 0 Å². The number of rotatable bonds is 7. The molecule has 1 aromatic carbocycles. The summed E-state index contributed by atoms with van der Waals surface area (Å²) in [6.45, 7) is 5.92. The van der Waals surface area contributed by atoms with Crippen LogP contribution in [0.1, 0.15) is 50.3 Å². The lowest BCUT2D eigenvalue weighted by atomic mass is 10.00. The molecule has 0 saturated carbocycles. The predicted octanol–water partition coefficient (Wildman–Crippen LogP) is 2.27. The summed E-state index contributed by atoms with van der Waals surface area (Å²) >= 11 is 0. The van der Waals surface area contributed by atoms with Gasteiger partial charge in [0.2, 0.25) is 10.0 Å². The van der Waals surface area contributed by atoms with Crippen molar-refractivity contribution < 1.29 is 18.3 Å². The first kappa shape index (κ1) is 16.7. The number of aliphatic carboxylic acids is 1. The van der Waals surface area contributed by atoms with Gasteiger partial charge in [0, 0.05) is 6.04 Å². The normalized spacial score (nSPS) is 13.4. The monoisotopic (exact) mass is 299 g/mol. The molecule has 0 aliphatic rings. The van der Waals surface area contributed by atoms with Crippen molar-refractivity contribution >= 4 is 16.0 Å². The average molecular weight is 299 g/mol. The number of benzene rings is 1. The molecule has 0 saturated heterocycles. The van der Waals surface area contributed by atoms with E-state index in [0.717, 1.165) is 5.56 Å². The minimum Gasteiger partial charge on any atom is -0.481 e. The summed E-state index contributed by atoms with van der Waals surface area (Å²) in [6.07, 6.45) is -0.395. The molecule has 2 N–H and O–H groups in total. The van der Waals surface area contributed by atoms with Crippen LogP contribution < -0.4 is 4.72 Å². The second-order valence-electron chi connectivity index (χ2n) is 5.12. The maximum atomic E-state index is 11.7. The summed E-state index contributed by atoms with van der Waals surface area (Å²) < 4.78 is 25.9. The van der Waals surface area contributed by atoms with Crippen molar-refractivity contribution in [2.24, 2.45) is 0 Å². The summed E-state index contributed by atoms with van der Waals surface area (Å²) in [5.74, 6) is -1.10. The molecule has 0 aliphatic carbocycles. The lowest BCUT2D eigenvalue weighted by molar-refractivity contribution is -0.136. The molecule has 1 aromatic rings. The van der Waals surface area contributed by atoms with Gasteiger partial charge < -0.3 is 5.11 Å². The quantitative estimate of drug-likeness (QED) is 0.809. The largest absolute Gasteiger partial charge is 0.481 e. The lowest BCUT2D eigenvalue weighted by Crippen LogP contribution is -2.30. The second-order valence-corrected chi connectivity index (χ2v) is 7.00. The predicted molar refractivity (Wildman–Crippen MR) is 78.1 cm³/mol. The van der Waals surface area contributed by atoms with Crippen molar-refractivity contribution in [3.05, 3.63) is 35.4 Å². The van der Waals surface area contributed by atoms with E-state index in [1.807, 2.05) is 24.3 Å². The number of carboxylic acids is 1. The molecule has 0 aromatic heterocycles. The molecule has 0 fully saturated rings. The highest BCUT2D eigenvalue weighted by atomic mass is 32.2. The fraction of sp³-hybridized carbons (Fsp3) is 0.500. The average Bonchev–Trinajstić information content (AvgIpc) is 2.36. The van der Waals surface area contributed by atoms with Crippen LogP contribution >= 0.6 is 0 Å². The topological polar surface area (TPSA) is 83.5 Å². The number of sulfonamides is 1. The smallest absolute Gasteiger partial charge is 0.304 e. The Hall–Kier alpha value is -1.40. The summed E-state index contributed by atoms with van der Waals surface area (Å²) in [5.41, 5.74) is 2.04. The van der Waals surface area contributed by atoms with Crippen molar-refractivity contribution in [1.82, 2.24) is 4.72 Å². The van der Waals surface area contributed by atoms with Gasteiger partial charge in [-0.05, 0) is 24.0 Å². The van der Waals surface area contributed by atoms with Crippen molar-refractivity contribution in [2.75, 3.05) is 5.75 Å². The van der Waals surface area contributed by atoms with Crippen LogP contribution in [0.5, 0.6) is 0 Å². The van der Waals surface area contributed by atoms with E-state index in [0.29, 0.717) is 5.92 Å². The number of hydrogen-bond donors (Lipinski definition) is 2. The first-order valence-electron chi connectivity index (χ1n) is 6.53. The Kier molecular flexibility index (Phi) is 5.71. The molecule has 0 amide bonds. The van der Waals surface area contributed by atoms with Gasteiger partial charge in [-0.1, -0.05) is 38.1 Å². The minimum absolute atomic E-state index is 0.380. The third-order valence-corrected chi connectivity index (χ3v) is 4.50. The van der Waals surface area contributed by atoms with E-state index in [2.05, 4.69) is 18.6 Å². The first-order chi connectivity index (χ1) is 9.21. The summed E-state index contributed by atoms with van der Waals surface area (Å²) in [7, 11) is -3.58. The molecule has 1 unspecified atom stereocenters. The maximum absolute atomic E-state index is 11.7. The van der Waals surface area contributed by atoms with E-state index in [1.54, 1.807) is 6.92 Å². The van der Waals surface area contributed by atoms with Crippen LogP contribution in [0.4, 0.5) is 0 Å². The van der Waals surface area contributed by atoms with Gasteiger partial charge in [-0.2, -0.15) is 0 Å².